The minimum absolute atomic E-state index is 0. The van der Waals surface area contributed by atoms with Gasteiger partial charge in [0.05, 0.1) is 12.7 Å². The van der Waals surface area contributed by atoms with Gasteiger partial charge in [0.1, 0.15) is 0 Å². The fourth-order valence-electron chi connectivity index (χ4n) is 2.10. The molecule has 1 aromatic carbocycles. The van der Waals surface area contributed by atoms with Crippen molar-refractivity contribution in [3.8, 4) is 11.1 Å². The summed E-state index contributed by atoms with van der Waals surface area (Å²) >= 11 is 0. The average Bonchev–Trinajstić information content (AvgIpc) is 2.92. The molecule has 0 atom stereocenters. The smallest absolute Gasteiger partial charge is 0.191 e. The lowest BCUT2D eigenvalue weighted by molar-refractivity contribution is 0.768. The molecule has 0 bridgehead atoms. The number of aliphatic imine (C=N–C) groups is 1. The summed E-state index contributed by atoms with van der Waals surface area (Å²) in [5.41, 5.74) is 3.48. The second kappa shape index (κ2) is 9.45. The number of aryl methyl sites for hydroxylation is 1. The number of rotatable bonds is 5. The van der Waals surface area contributed by atoms with E-state index in [2.05, 4.69) is 58.8 Å². The van der Waals surface area contributed by atoms with Gasteiger partial charge in [0.25, 0.3) is 0 Å². The van der Waals surface area contributed by atoms with Crippen LogP contribution in [0.25, 0.3) is 11.1 Å². The molecule has 0 aliphatic carbocycles. The number of benzene rings is 1. The van der Waals surface area contributed by atoms with Gasteiger partial charge in [-0.05, 0) is 31.0 Å². The normalized spacial score (nSPS) is 9.77. The van der Waals surface area contributed by atoms with Crippen LogP contribution in [0.15, 0.2) is 41.7 Å². The van der Waals surface area contributed by atoms with Crippen LogP contribution in [0.2, 0.25) is 0 Å². The minimum Gasteiger partial charge on any atom is -0.357 e. The van der Waals surface area contributed by atoms with Gasteiger partial charge in [-0.3, -0.25) is 4.68 Å². The third-order valence-electron chi connectivity index (χ3n) is 3.07. The van der Waals surface area contributed by atoms with Crippen molar-refractivity contribution in [3.63, 3.8) is 0 Å². The van der Waals surface area contributed by atoms with Crippen molar-refractivity contribution in [2.75, 3.05) is 13.1 Å². The molecule has 0 amide bonds. The molecular formula is C16H24IN5. The van der Waals surface area contributed by atoms with Crippen LogP contribution < -0.4 is 10.6 Å². The Morgan fingerprint density at radius 3 is 2.50 bits per heavy atom. The Morgan fingerprint density at radius 1 is 1.18 bits per heavy atom. The quantitative estimate of drug-likeness (QED) is 0.451. The maximum absolute atomic E-state index is 4.59. The van der Waals surface area contributed by atoms with Gasteiger partial charge in [-0.15, -0.1) is 24.0 Å². The van der Waals surface area contributed by atoms with Crippen LogP contribution in [-0.4, -0.2) is 28.8 Å². The predicted molar refractivity (Wildman–Crippen MR) is 103 cm³/mol. The Labute approximate surface area is 149 Å². The highest BCUT2D eigenvalue weighted by Gasteiger charge is 2.02. The van der Waals surface area contributed by atoms with Gasteiger partial charge in [-0.1, -0.05) is 18.2 Å². The molecule has 0 aliphatic rings. The zero-order valence-electron chi connectivity index (χ0n) is 13.3. The Morgan fingerprint density at radius 2 is 1.91 bits per heavy atom. The lowest BCUT2D eigenvalue weighted by Crippen LogP contribution is -2.36. The molecule has 0 unspecified atom stereocenters. The van der Waals surface area contributed by atoms with Crippen molar-refractivity contribution >= 4 is 29.9 Å². The number of aromatic nitrogens is 2. The average molecular weight is 413 g/mol. The lowest BCUT2D eigenvalue weighted by atomic mass is 10.1. The molecule has 2 aromatic rings. The predicted octanol–water partition coefficient (Wildman–Crippen LogP) is 2.78. The van der Waals surface area contributed by atoms with Gasteiger partial charge in [-0.25, -0.2) is 4.99 Å². The van der Waals surface area contributed by atoms with Crippen LogP contribution in [0, 0.1) is 0 Å². The molecule has 5 nitrogen and oxygen atoms in total. The second-order valence-corrected chi connectivity index (χ2v) is 4.83. The van der Waals surface area contributed by atoms with E-state index in [0.29, 0.717) is 6.54 Å². The molecule has 6 heteroatoms. The number of hydrogen-bond donors (Lipinski definition) is 2. The summed E-state index contributed by atoms with van der Waals surface area (Å²) in [5, 5.41) is 10.7. The third kappa shape index (κ3) is 5.32. The van der Waals surface area contributed by atoms with E-state index in [1.54, 1.807) is 0 Å². The fraction of sp³-hybridized carbons (Fsp3) is 0.375. The molecule has 0 saturated carbocycles. The maximum atomic E-state index is 4.59. The molecule has 2 N–H and O–H groups in total. The lowest BCUT2D eigenvalue weighted by Gasteiger charge is -2.09. The standard InChI is InChI=1S/C16H23N5.HI/c1-4-17-16(18-5-2)19-10-13-7-6-8-14(9-13)15-11-20-21(3)12-15;/h6-9,11-12H,4-5,10H2,1-3H3,(H2,17,18,19);1H. The molecule has 0 spiro atoms. The first-order valence-corrected chi connectivity index (χ1v) is 7.33. The number of hydrogen-bond acceptors (Lipinski definition) is 2. The molecule has 0 fully saturated rings. The molecule has 22 heavy (non-hydrogen) atoms. The van der Waals surface area contributed by atoms with E-state index in [-0.39, 0.29) is 24.0 Å². The molecule has 0 radical (unpaired) electrons. The van der Waals surface area contributed by atoms with Gasteiger partial charge < -0.3 is 10.6 Å². The van der Waals surface area contributed by atoms with Crippen LogP contribution in [-0.2, 0) is 13.6 Å². The van der Waals surface area contributed by atoms with E-state index in [0.717, 1.165) is 24.6 Å². The van der Waals surface area contributed by atoms with Crippen LogP contribution in [0.1, 0.15) is 19.4 Å². The number of guanidine groups is 1. The van der Waals surface area contributed by atoms with Crippen LogP contribution in [0.3, 0.4) is 0 Å². The summed E-state index contributed by atoms with van der Waals surface area (Å²) in [5.74, 6) is 0.854. The SMILES string of the molecule is CCNC(=NCc1cccc(-c2cnn(C)c2)c1)NCC.I. The van der Waals surface area contributed by atoms with Gasteiger partial charge in [0.2, 0.25) is 0 Å². The Hall–Kier alpha value is -1.57. The molecular weight excluding hydrogens is 389 g/mol. The Bertz CT molecular complexity index is 598. The maximum Gasteiger partial charge on any atom is 0.191 e. The molecule has 0 saturated heterocycles. The van der Waals surface area contributed by atoms with Crippen LogP contribution in [0.5, 0.6) is 0 Å². The van der Waals surface area contributed by atoms with Crippen molar-refractivity contribution in [3.05, 3.63) is 42.2 Å². The Balaban J connectivity index is 0.00000242. The van der Waals surface area contributed by atoms with Crippen LogP contribution in [0.4, 0.5) is 0 Å². The third-order valence-corrected chi connectivity index (χ3v) is 3.07. The summed E-state index contributed by atoms with van der Waals surface area (Å²) < 4.78 is 1.81. The summed E-state index contributed by atoms with van der Waals surface area (Å²) in [7, 11) is 1.93. The van der Waals surface area contributed by atoms with Crippen molar-refractivity contribution in [1.29, 1.82) is 0 Å². The molecule has 2 rings (SSSR count). The van der Waals surface area contributed by atoms with Gasteiger partial charge in [0.15, 0.2) is 5.96 Å². The van der Waals surface area contributed by atoms with Crippen molar-refractivity contribution in [2.45, 2.75) is 20.4 Å². The summed E-state index contributed by atoms with van der Waals surface area (Å²) in [6.07, 6.45) is 3.90. The first kappa shape index (κ1) is 18.5. The largest absolute Gasteiger partial charge is 0.357 e. The van der Waals surface area contributed by atoms with Crippen LogP contribution >= 0.6 is 24.0 Å². The van der Waals surface area contributed by atoms with E-state index in [1.807, 2.05) is 24.1 Å². The highest BCUT2D eigenvalue weighted by Crippen LogP contribution is 2.19. The first-order valence-electron chi connectivity index (χ1n) is 7.33. The highest BCUT2D eigenvalue weighted by atomic mass is 127. The number of nitrogens with zero attached hydrogens (tertiary/aromatic N) is 3. The highest BCUT2D eigenvalue weighted by molar-refractivity contribution is 14.0. The van der Waals surface area contributed by atoms with Crippen molar-refractivity contribution < 1.29 is 0 Å². The van der Waals surface area contributed by atoms with Crippen molar-refractivity contribution in [1.82, 2.24) is 20.4 Å². The Kier molecular flexibility index (Phi) is 7.94. The molecule has 0 aliphatic heterocycles. The zero-order chi connectivity index (χ0) is 15.1. The molecule has 1 aromatic heterocycles. The first-order chi connectivity index (χ1) is 10.2. The van der Waals surface area contributed by atoms with Gasteiger partial charge in [-0.2, -0.15) is 5.10 Å². The summed E-state index contributed by atoms with van der Waals surface area (Å²) in [6, 6.07) is 8.42. The van der Waals surface area contributed by atoms with E-state index in [1.165, 1.54) is 11.1 Å². The zero-order valence-corrected chi connectivity index (χ0v) is 15.7. The summed E-state index contributed by atoms with van der Waals surface area (Å²) in [6.45, 7) is 6.51. The topological polar surface area (TPSA) is 54.2 Å². The minimum atomic E-state index is 0. The van der Waals surface area contributed by atoms with Crippen molar-refractivity contribution in [2.24, 2.45) is 12.0 Å². The van der Waals surface area contributed by atoms with Gasteiger partial charge >= 0.3 is 0 Å². The second-order valence-electron chi connectivity index (χ2n) is 4.83. The fourth-order valence-corrected chi connectivity index (χ4v) is 2.10. The van der Waals surface area contributed by atoms with E-state index in [4.69, 9.17) is 0 Å². The number of halogens is 1. The monoisotopic (exact) mass is 413 g/mol. The van der Waals surface area contributed by atoms with E-state index in [9.17, 15) is 0 Å². The molecule has 1 heterocycles. The summed E-state index contributed by atoms with van der Waals surface area (Å²) in [4.78, 5) is 4.59. The van der Waals surface area contributed by atoms with E-state index < -0.39 is 0 Å². The van der Waals surface area contributed by atoms with Gasteiger partial charge in [0, 0.05) is 31.9 Å². The number of nitrogens with one attached hydrogen (secondary N) is 2. The van der Waals surface area contributed by atoms with E-state index >= 15 is 0 Å². The molecule has 120 valence electrons.